The molecule has 0 spiro atoms. The van der Waals surface area contributed by atoms with Gasteiger partial charge in [0.05, 0.1) is 28.5 Å². The van der Waals surface area contributed by atoms with Crippen LogP contribution in [0.15, 0.2) is 88.9 Å². The molecular formula is C20H15N5O. The fourth-order valence-corrected chi connectivity index (χ4v) is 2.63. The van der Waals surface area contributed by atoms with Crippen LogP contribution in [0.4, 0.5) is 5.95 Å². The van der Waals surface area contributed by atoms with Gasteiger partial charge in [0.1, 0.15) is 0 Å². The molecule has 126 valence electrons. The fourth-order valence-electron chi connectivity index (χ4n) is 2.63. The molecule has 0 bridgehead atoms. The molecule has 4 aromatic rings. The minimum atomic E-state index is -0.155. The molecule has 2 heterocycles. The first-order valence-electron chi connectivity index (χ1n) is 8.10. The Hall–Kier alpha value is -3.80. The van der Waals surface area contributed by atoms with Crippen LogP contribution in [0.5, 0.6) is 0 Å². The van der Waals surface area contributed by atoms with Gasteiger partial charge < -0.3 is 0 Å². The molecule has 2 aromatic carbocycles. The Bertz CT molecular complexity index is 1120. The summed E-state index contributed by atoms with van der Waals surface area (Å²) in [7, 11) is 0. The highest BCUT2D eigenvalue weighted by Crippen LogP contribution is 2.16. The Labute approximate surface area is 149 Å². The molecule has 0 aliphatic carbocycles. The quantitative estimate of drug-likeness (QED) is 0.457. The second kappa shape index (κ2) is 6.98. The van der Waals surface area contributed by atoms with Crippen LogP contribution in [-0.2, 0) is 0 Å². The Balaban J connectivity index is 1.82. The maximum atomic E-state index is 13.0. The number of aromatic nitrogens is 3. The summed E-state index contributed by atoms with van der Waals surface area (Å²) < 4.78 is 1.51. The van der Waals surface area contributed by atoms with E-state index in [9.17, 15) is 4.79 Å². The predicted molar refractivity (Wildman–Crippen MR) is 103 cm³/mol. The van der Waals surface area contributed by atoms with Crippen molar-refractivity contribution in [3.63, 3.8) is 0 Å². The van der Waals surface area contributed by atoms with Gasteiger partial charge in [-0.1, -0.05) is 36.4 Å². The lowest BCUT2D eigenvalue weighted by Gasteiger charge is -2.12. The lowest BCUT2D eigenvalue weighted by atomic mass is 10.2. The highest BCUT2D eigenvalue weighted by molar-refractivity contribution is 5.80. The van der Waals surface area contributed by atoms with Crippen molar-refractivity contribution in [3.05, 3.63) is 95.0 Å². The van der Waals surface area contributed by atoms with E-state index in [1.54, 1.807) is 24.5 Å². The van der Waals surface area contributed by atoms with Crippen molar-refractivity contribution in [2.45, 2.75) is 0 Å². The summed E-state index contributed by atoms with van der Waals surface area (Å²) in [5.41, 5.74) is 4.75. The zero-order chi connectivity index (χ0) is 17.8. The second-order valence-corrected chi connectivity index (χ2v) is 5.55. The highest BCUT2D eigenvalue weighted by Gasteiger charge is 2.11. The normalized spacial score (nSPS) is 11.1. The van der Waals surface area contributed by atoms with Crippen LogP contribution < -0.4 is 11.0 Å². The van der Waals surface area contributed by atoms with Gasteiger partial charge in [-0.15, -0.1) is 0 Å². The molecule has 1 N–H and O–H groups in total. The van der Waals surface area contributed by atoms with Crippen LogP contribution >= 0.6 is 0 Å². The molecule has 0 fully saturated rings. The van der Waals surface area contributed by atoms with Gasteiger partial charge in [-0.05, 0) is 36.4 Å². The summed E-state index contributed by atoms with van der Waals surface area (Å²) in [6, 6.07) is 22.1. The predicted octanol–water partition coefficient (Wildman–Crippen LogP) is 3.23. The number of anilines is 1. The monoisotopic (exact) mass is 341 g/mol. The summed E-state index contributed by atoms with van der Waals surface area (Å²) in [6.07, 6.45) is 3.27. The van der Waals surface area contributed by atoms with E-state index in [2.05, 4.69) is 20.5 Å². The maximum Gasteiger partial charge on any atom is 0.267 e. The van der Waals surface area contributed by atoms with Crippen LogP contribution in [0.3, 0.4) is 0 Å². The van der Waals surface area contributed by atoms with E-state index in [4.69, 9.17) is 0 Å². The summed E-state index contributed by atoms with van der Waals surface area (Å²) >= 11 is 0. The Morgan fingerprint density at radius 3 is 2.50 bits per heavy atom. The van der Waals surface area contributed by atoms with Crippen molar-refractivity contribution in [1.29, 1.82) is 0 Å². The van der Waals surface area contributed by atoms with Gasteiger partial charge in [-0.3, -0.25) is 9.78 Å². The molecule has 0 amide bonds. The first kappa shape index (κ1) is 15.7. The molecule has 0 unspecified atom stereocenters. The third-order valence-electron chi connectivity index (χ3n) is 3.84. The molecule has 0 saturated carbocycles. The van der Waals surface area contributed by atoms with E-state index in [0.717, 1.165) is 0 Å². The Morgan fingerprint density at radius 2 is 1.69 bits per heavy atom. The van der Waals surface area contributed by atoms with Gasteiger partial charge in [0.2, 0.25) is 5.95 Å². The number of hydrogen-bond donors (Lipinski definition) is 1. The number of nitrogens with one attached hydrogen (secondary N) is 1. The average Bonchev–Trinajstić information content (AvgIpc) is 2.70. The Kier molecular flexibility index (Phi) is 4.22. The molecule has 0 saturated heterocycles. The molecule has 0 aliphatic heterocycles. The van der Waals surface area contributed by atoms with Crippen LogP contribution in [0, 0.1) is 0 Å². The zero-order valence-electron chi connectivity index (χ0n) is 13.8. The van der Waals surface area contributed by atoms with Crippen molar-refractivity contribution in [2.75, 3.05) is 5.43 Å². The van der Waals surface area contributed by atoms with Crippen LogP contribution in [0.1, 0.15) is 5.69 Å². The van der Waals surface area contributed by atoms with E-state index in [1.807, 2.05) is 60.7 Å². The topological polar surface area (TPSA) is 72.2 Å². The Morgan fingerprint density at radius 1 is 0.923 bits per heavy atom. The van der Waals surface area contributed by atoms with Gasteiger partial charge in [0, 0.05) is 6.20 Å². The molecule has 6 nitrogen and oxygen atoms in total. The lowest BCUT2D eigenvalue weighted by Crippen LogP contribution is -2.22. The molecule has 0 atom stereocenters. The minimum Gasteiger partial charge on any atom is -0.268 e. The van der Waals surface area contributed by atoms with E-state index in [-0.39, 0.29) is 5.56 Å². The van der Waals surface area contributed by atoms with Crippen molar-refractivity contribution in [1.82, 2.24) is 14.5 Å². The largest absolute Gasteiger partial charge is 0.268 e. The first-order valence-corrected chi connectivity index (χ1v) is 8.10. The van der Waals surface area contributed by atoms with Crippen molar-refractivity contribution in [3.8, 4) is 5.69 Å². The fraction of sp³-hybridized carbons (Fsp3) is 0. The van der Waals surface area contributed by atoms with E-state index >= 15 is 0 Å². The molecule has 4 rings (SSSR count). The summed E-state index contributed by atoms with van der Waals surface area (Å²) in [4.78, 5) is 21.7. The van der Waals surface area contributed by atoms with E-state index < -0.39 is 0 Å². The third-order valence-corrected chi connectivity index (χ3v) is 3.84. The number of pyridine rings is 1. The number of para-hydroxylation sites is 2. The number of nitrogens with zero attached hydrogens (tertiary/aromatic N) is 4. The summed E-state index contributed by atoms with van der Waals surface area (Å²) in [5, 5.41) is 4.74. The van der Waals surface area contributed by atoms with Gasteiger partial charge in [-0.25, -0.2) is 15.0 Å². The number of fused-ring (bicyclic) bond motifs is 1. The third kappa shape index (κ3) is 3.08. The van der Waals surface area contributed by atoms with Crippen LogP contribution in [-0.4, -0.2) is 20.7 Å². The second-order valence-electron chi connectivity index (χ2n) is 5.55. The molecule has 0 aliphatic rings. The first-order chi connectivity index (χ1) is 12.8. The smallest absolute Gasteiger partial charge is 0.267 e. The molecular weight excluding hydrogens is 326 g/mol. The molecule has 0 radical (unpaired) electrons. The standard InChI is InChI=1S/C20H15N5O/c26-19-17-11-4-5-12-18(17)23-20(25(19)16-9-2-1-3-10-16)24-22-14-15-8-6-7-13-21-15/h1-14H,(H,23,24)/b22-14-. The van der Waals surface area contributed by atoms with Crippen molar-refractivity contribution in [2.24, 2.45) is 5.10 Å². The van der Waals surface area contributed by atoms with Gasteiger partial charge in [-0.2, -0.15) is 5.10 Å². The van der Waals surface area contributed by atoms with E-state index in [1.165, 1.54) is 4.57 Å². The van der Waals surface area contributed by atoms with Gasteiger partial charge in [0.15, 0.2) is 0 Å². The summed E-state index contributed by atoms with van der Waals surface area (Å²) in [6.45, 7) is 0. The zero-order valence-corrected chi connectivity index (χ0v) is 13.8. The van der Waals surface area contributed by atoms with Gasteiger partial charge in [0.25, 0.3) is 5.56 Å². The minimum absolute atomic E-state index is 0.155. The SMILES string of the molecule is O=c1c2ccccc2nc(N/N=C\c2ccccn2)n1-c1ccccc1. The number of hydrazone groups is 1. The molecule has 26 heavy (non-hydrogen) atoms. The average molecular weight is 341 g/mol. The van der Waals surface area contributed by atoms with E-state index in [0.29, 0.717) is 28.2 Å². The number of benzene rings is 2. The van der Waals surface area contributed by atoms with Crippen molar-refractivity contribution < 1.29 is 0 Å². The lowest BCUT2D eigenvalue weighted by molar-refractivity contribution is 0.956. The van der Waals surface area contributed by atoms with Crippen molar-refractivity contribution >= 4 is 23.1 Å². The van der Waals surface area contributed by atoms with Crippen LogP contribution in [0.25, 0.3) is 16.6 Å². The summed E-state index contributed by atoms with van der Waals surface area (Å²) in [5.74, 6) is 0.340. The maximum absolute atomic E-state index is 13.0. The van der Waals surface area contributed by atoms with Gasteiger partial charge >= 0.3 is 0 Å². The molecule has 6 heteroatoms. The molecule has 2 aromatic heterocycles. The number of rotatable bonds is 4. The number of hydrogen-bond acceptors (Lipinski definition) is 5. The van der Waals surface area contributed by atoms with Crippen LogP contribution in [0.2, 0.25) is 0 Å². The highest BCUT2D eigenvalue weighted by atomic mass is 16.1.